The molecule has 2 aromatic carbocycles. The molecule has 0 bridgehead atoms. The zero-order valence-electron chi connectivity index (χ0n) is 15.3. The summed E-state index contributed by atoms with van der Waals surface area (Å²) < 4.78 is 10.5. The number of hydrogen-bond donors (Lipinski definition) is 1. The summed E-state index contributed by atoms with van der Waals surface area (Å²) in [5.41, 5.74) is 4.35. The molecule has 0 atom stereocenters. The van der Waals surface area contributed by atoms with Gasteiger partial charge in [0.1, 0.15) is 16.6 Å². The van der Waals surface area contributed by atoms with Crippen molar-refractivity contribution in [3.63, 3.8) is 0 Å². The van der Waals surface area contributed by atoms with Gasteiger partial charge in [0.25, 0.3) is 0 Å². The molecule has 0 unspecified atom stereocenters. The molecule has 0 spiro atoms. The number of benzene rings is 2. The maximum atomic E-state index is 9.52. The second kappa shape index (κ2) is 8.39. The van der Waals surface area contributed by atoms with Gasteiger partial charge in [0.15, 0.2) is 11.5 Å². The normalized spacial score (nSPS) is 11.0. The van der Waals surface area contributed by atoms with Gasteiger partial charge in [-0.2, -0.15) is 5.26 Å². The third-order valence-electron chi connectivity index (χ3n) is 3.97. The molecule has 0 radical (unpaired) electrons. The number of aromatic nitrogens is 1. The number of nitrogens with zero attached hydrogens (tertiary/aromatic N) is 2. The van der Waals surface area contributed by atoms with Crippen LogP contribution >= 0.6 is 11.3 Å². The summed E-state index contributed by atoms with van der Waals surface area (Å²) >= 11 is 1.44. The van der Waals surface area contributed by atoms with Crippen molar-refractivity contribution >= 4 is 22.6 Å². The highest BCUT2D eigenvalue weighted by molar-refractivity contribution is 7.11. The Balaban J connectivity index is 1.81. The molecule has 136 valence electrons. The maximum Gasteiger partial charge on any atom is 0.162 e. The van der Waals surface area contributed by atoms with E-state index in [1.54, 1.807) is 26.5 Å². The van der Waals surface area contributed by atoms with Gasteiger partial charge in [0, 0.05) is 28.9 Å². The molecule has 0 aliphatic carbocycles. The number of nitriles is 1. The summed E-state index contributed by atoms with van der Waals surface area (Å²) in [5.74, 6) is 1.26. The van der Waals surface area contributed by atoms with Crippen LogP contribution in [0, 0.1) is 18.3 Å². The Morgan fingerprint density at radius 1 is 1.11 bits per heavy atom. The first kappa shape index (κ1) is 18.5. The van der Waals surface area contributed by atoms with Crippen LogP contribution in [-0.2, 0) is 0 Å². The third-order valence-corrected chi connectivity index (χ3v) is 4.84. The first-order valence-electron chi connectivity index (χ1n) is 8.26. The number of methoxy groups -OCH3 is 2. The van der Waals surface area contributed by atoms with E-state index >= 15 is 0 Å². The minimum atomic E-state index is 0.466. The number of allylic oxidation sites excluding steroid dienone is 1. The van der Waals surface area contributed by atoms with Gasteiger partial charge in [0.2, 0.25) is 0 Å². The molecular formula is C21H19N3O2S. The quantitative estimate of drug-likeness (QED) is 0.605. The fourth-order valence-electron chi connectivity index (χ4n) is 2.48. The Morgan fingerprint density at radius 3 is 2.52 bits per heavy atom. The summed E-state index contributed by atoms with van der Waals surface area (Å²) in [7, 11) is 3.17. The fourth-order valence-corrected chi connectivity index (χ4v) is 3.27. The van der Waals surface area contributed by atoms with Crippen LogP contribution < -0.4 is 14.8 Å². The van der Waals surface area contributed by atoms with Gasteiger partial charge in [-0.25, -0.2) is 4.98 Å². The highest BCUT2D eigenvalue weighted by atomic mass is 32.1. The van der Waals surface area contributed by atoms with Crippen molar-refractivity contribution in [3.8, 4) is 28.8 Å². The van der Waals surface area contributed by atoms with Crippen LogP contribution in [0.4, 0.5) is 5.69 Å². The van der Waals surface area contributed by atoms with Crippen LogP contribution in [0.2, 0.25) is 0 Å². The van der Waals surface area contributed by atoms with Crippen LogP contribution in [0.5, 0.6) is 11.5 Å². The minimum Gasteiger partial charge on any atom is -0.493 e. The molecule has 1 heterocycles. The van der Waals surface area contributed by atoms with Gasteiger partial charge < -0.3 is 14.8 Å². The van der Waals surface area contributed by atoms with Crippen molar-refractivity contribution in [1.29, 1.82) is 5.26 Å². The summed E-state index contributed by atoms with van der Waals surface area (Å²) in [6.45, 7) is 2.05. The first-order chi connectivity index (χ1) is 13.1. The fraction of sp³-hybridized carbons (Fsp3) is 0.143. The van der Waals surface area contributed by atoms with Crippen molar-refractivity contribution in [3.05, 3.63) is 64.6 Å². The molecule has 0 saturated carbocycles. The zero-order valence-corrected chi connectivity index (χ0v) is 16.1. The molecule has 5 nitrogen and oxygen atoms in total. The van der Waals surface area contributed by atoms with Crippen molar-refractivity contribution in [2.75, 3.05) is 19.5 Å². The standard InChI is InChI=1S/C21H19N3O2S/c1-14-4-6-15(7-5-14)18-13-27-21(24-18)16(11-22)12-23-17-8-9-19(25-2)20(10-17)26-3/h4-10,12-13,23H,1-3H3/b16-12-. The summed E-state index contributed by atoms with van der Waals surface area (Å²) in [4.78, 5) is 4.60. The van der Waals surface area contributed by atoms with Crippen LogP contribution in [-0.4, -0.2) is 19.2 Å². The van der Waals surface area contributed by atoms with Crippen LogP contribution in [0.15, 0.2) is 54.0 Å². The predicted octanol–water partition coefficient (Wildman–Crippen LogP) is 5.11. The smallest absolute Gasteiger partial charge is 0.162 e. The van der Waals surface area contributed by atoms with E-state index in [9.17, 15) is 5.26 Å². The second-order valence-corrected chi connectivity index (χ2v) is 6.65. The van der Waals surface area contributed by atoms with Crippen LogP contribution in [0.3, 0.4) is 0 Å². The van der Waals surface area contributed by atoms with Crippen molar-refractivity contribution in [2.45, 2.75) is 6.92 Å². The molecule has 0 aliphatic rings. The number of aryl methyl sites for hydroxylation is 1. The minimum absolute atomic E-state index is 0.466. The molecule has 27 heavy (non-hydrogen) atoms. The molecular weight excluding hydrogens is 358 g/mol. The predicted molar refractivity (Wildman–Crippen MR) is 109 cm³/mol. The van der Waals surface area contributed by atoms with E-state index in [0.29, 0.717) is 22.1 Å². The average molecular weight is 377 g/mol. The summed E-state index contributed by atoms with van der Waals surface area (Å²) in [6, 6.07) is 15.8. The van der Waals surface area contributed by atoms with Gasteiger partial charge in [-0.1, -0.05) is 29.8 Å². The van der Waals surface area contributed by atoms with E-state index in [2.05, 4.69) is 16.4 Å². The Hall–Kier alpha value is -3.30. The maximum absolute atomic E-state index is 9.52. The van der Waals surface area contributed by atoms with Gasteiger partial charge in [0.05, 0.1) is 19.9 Å². The second-order valence-electron chi connectivity index (χ2n) is 5.79. The number of anilines is 1. The average Bonchev–Trinajstić information content (AvgIpc) is 3.18. The number of hydrogen-bond acceptors (Lipinski definition) is 6. The van der Waals surface area contributed by atoms with Gasteiger partial charge in [-0.05, 0) is 19.1 Å². The lowest BCUT2D eigenvalue weighted by molar-refractivity contribution is 0.355. The molecule has 0 saturated heterocycles. The van der Waals surface area contributed by atoms with Gasteiger partial charge in [-0.15, -0.1) is 11.3 Å². The topological polar surface area (TPSA) is 67.2 Å². The Morgan fingerprint density at radius 2 is 1.85 bits per heavy atom. The number of rotatable bonds is 6. The SMILES string of the molecule is COc1ccc(N/C=C(/C#N)c2nc(-c3ccc(C)cc3)cs2)cc1OC. The largest absolute Gasteiger partial charge is 0.493 e. The van der Waals surface area contributed by atoms with Crippen molar-refractivity contribution in [1.82, 2.24) is 4.98 Å². The van der Waals surface area contributed by atoms with E-state index in [0.717, 1.165) is 16.9 Å². The molecule has 1 N–H and O–H groups in total. The van der Waals surface area contributed by atoms with Gasteiger partial charge in [-0.3, -0.25) is 0 Å². The molecule has 6 heteroatoms. The monoisotopic (exact) mass is 377 g/mol. The first-order valence-corrected chi connectivity index (χ1v) is 9.14. The molecule has 0 amide bonds. The Bertz CT molecular complexity index is 1000. The highest BCUT2D eigenvalue weighted by Gasteiger charge is 2.09. The lowest BCUT2D eigenvalue weighted by Crippen LogP contribution is -1.94. The van der Waals surface area contributed by atoms with Gasteiger partial charge >= 0.3 is 0 Å². The third kappa shape index (κ3) is 4.27. The van der Waals surface area contributed by atoms with E-state index in [1.807, 2.05) is 48.7 Å². The van der Waals surface area contributed by atoms with Crippen LogP contribution in [0.1, 0.15) is 10.6 Å². The van der Waals surface area contributed by atoms with E-state index in [4.69, 9.17) is 9.47 Å². The summed E-state index contributed by atoms with van der Waals surface area (Å²) in [6.07, 6.45) is 1.65. The lowest BCUT2D eigenvalue weighted by Gasteiger charge is -2.09. The highest BCUT2D eigenvalue weighted by Crippen LogP contribution is 2.30. The van der Waals surface area contributed by atoms with E-state index < -0.39 is 0 Å². The summed E-state index contributed by atoms with van der Waals surface area (Å²) in [5, 5.41) is 15.3. The van der Waals surface area contributed by atoms with Crippen molar-refractivity contribution in [2.24, 2.45) is 0 Å². The van der Waals surface area contributed by atoms with Crippen molar-refractivity contribution < 1.29 is 9.47 Å². The molecule has 3 aromatic rings. The molecule has 1 aromatic heterocycles. The molecule has 0 fully saturated rings. The molecule has 3 rings (SSSR count). The zero-order chi connectivity index (χ0) is 19.2. The molecule has 0 aliphatic heterocycles. The number of nitrogens with one attached hydrogen (secondary N) is 1. The van der Waals surface area contributed by atoms with Crippen LogP contribution in [0.25, 0.3) is 16.8 Å². The van der Waals surface area contributed by atoms with E-state index in [1.165, 1.54) is 16.9 Å². The Kier molecular flexibility index (Phi) is 5.74. The lowest BCUT2D eigenvalue weighted by atomic mass is 10.1. The van der Waals surface area contributed by atoms with E-state index in [-0.39, 0.29) is 0 Å². The number of ether oxygens (including phenoxy) is 2. The Labute approximate surface area is 162 Å². The number of thiazole rings is 1.